The van der Waals surface area contributed by atoms with Crippen LogP contribution in [-0.4, -0.2) is 87.6 Å². The lowest BCUT2D eigenvalue weighted by molar-refractivity contribution is -0.299. The summed E-state index contributed by atoms with van der Waals surface area (Å²) in [6.07, 6.45) is -1.80. The van der Waals surface area contributed by atoms with E-state index in [-0.39, 0.29) is 30.3 Å². The van der Waals surface area contributed by atoms with Crippen molar-refractivity contribution in [3.05, 3.63) is 23.8 Å². The van der Waals surface area contributed by atoms with E-state index in [0.29, 0.717) is 6.42 Å². The topological polar surface area (TPSA) is 146 Å². The molecular weight excluding hydrogens is 396 g/mol. The van der Waals surface area contributed by atoms with Crippen molar-refractivity contribution in [2.24, 2.45) is 23.2 Å². The number of carbonyl (C=O) groups excluding carboxylic acids is 1. The molecule has 5 N–H and O–H groups in total. The van der Waals surface area contributed by atoms with Crippen molar-refractivity contribution in [3.8, 4) is 0 Å². The van der Waals surface area contributed by atoms with Gasteiger partial charge in [-0.3, -0.25) is 4.79 Å². The predicted octanol–water partition coefficient (Wildman–Crippen LogP) is -1.14. The van der Waals surface area contributed by atoms with Crippen LogP contribution in [0.5, 0.6) is 0 Å². The summed E-state index contributed by atoms with van der Waals surface area (Å²) in [7, 11) is 0. The van der Waals surface area contributed by atoms with E-state index in [2.05, 4.69) is 0 Å². The molecule has 3 fully saturated rings. The highest BCUT2D eigenvalue weighted by atomic mass is 16.7. The Morgan fingerprint density at radius 3 is 2.63 bits per heavy atom. The third-order valence-electron chi connectivity index (χ3n) is 7.33. The van der Waals surface area contributed by atoms with Crippen molar-refractivity contribution in [2.75, 3.05) is 13.2 Å². The predicted molar refractivity (Wildman–Crippen MR) is 102 cm³/mol. The zero-order valence-corrected chi connectivity index (χ0v) is 17.0. The Kier molecular flexibility index (Phi) is 5.82. The zero-order chi connectivity index (χ0) is 21.8. The van der Waals surface area contributed by atoms with E-state index in [4.69, 9.17) is 14.2 Å². The molecule has 0 aromatic heterocycles. The van der Waals surface area contributed by atoms with Crippen LogP contribution >= 0.6 is 0 Å². The van der Waals surface area contributed by atoms with Crippen LogP contribution < -0.4 is 0 Å². The minimum Gasteiger partial charge on any atom is -0.461 e. The molecule has 11 atom stereocenters. The first-order valence-electron chi connectivity index (χ1n) is 10.4. The van der Waals surface area contributed by atoms with Gasteiger partial charge in [-0.25, -0.2) is 0 Å². The van der Waals surface area contributed by atoms with Gasteiger partial charge in [-0.1, -0.05) is 32.1 Å². The highest BCUT2D eigenvalue weighted by molar-refractivity contribution is 5.75. The molecule has 0 bridgehead atoms. The zero-order valence-electron chi connectivity index (χ0n) is 17.0. The first-order valence-corrected chi connectivity index (χ1v) is 10.4. The van der Waals surface area contributed by atoms with Crippen molar-refractivity contribution in [3.63, 3.8) is 0 Å². The average molecular weight is 426 g/mol. The molecule has 2 aliphatic carbocycles. The lowest BCUT2D eigenvalue weighted by atomic mass is 9.56. The van der Waals surface area contributed by atoms with Crippen LogP contribution in [0.15, 0.2) is 23.8 Å². The monoisotopic (exact) mass is 426 g/mol. The Labute approximate surface area is 174 Å². The van der Waals surface area contributed by atoms with E-state index in [1.807, 2.05) is 32.1 Å². The Morgan fingerprint density at radius 1 is 1.20 bits per heavy atom. The maximum absolute atomic E-state index is 12.2. The van der Waals surface area contributed by atoms with Gasteiger partial charge in [0.25, 0.3) is 0 Å². The summed E-state index contributed by atoms with van der Waals surface area (Å²) >= 11 is 0. The van der Waals surface area contributed by atoms with E-state index in [1.54, 1.807) is 0 Å². The second kappa shape index (κ2) is 7.98. The lowest BCUT2D eigenvalue weighted by Crippen LogP contribution is -2.59. The molecule has 0 unspecified atom stereocenters. The Hall–Kier alpha value is -1.33. The average Bonchev–Trinajstić information content (AvgIpc) is 2.99. The second-order valence-electron chi connectivity index (χ2n) is 9.06. The molecule has 1 saturated carbocycles. The van der Waals surface area contributed by atoms with Crippen molar-refractivity contribution >= 4 is 5.97 Å². The van der Waals surface area contributed by atoms with Crippen LogP contribution in [0.2, 0.25) is 0 Å². The van der Waals surface area contributed by atoms with Crippen molar-refractivity contribution in [1.82, 2.24) is 0 Å². The van der Waals surface area contributed by atoms with Crippen molar-refractivity contribution in [1.29, 1.82) is 0 Å². The molecule has 0 radical (unpaired) electrons. The lowest BCUT2D eigenvalue weighted by Gasteiger charge is -2.50. The van der Waals surface area contributed by atoms with Gasteiger partial charge in [-0.15, -0.1) is 0 Å². The summed E-state index contributed by atoms with van der Waals surface area (Å²) in [5.74, 6) is -0.985. The van der Waals surface area contributed by atoms with E-state index in [1.165, 1.54) is 0 Å². The third kappa shape index (κ3) is 3.33. The number of fused-ring (bicyclic) bond motifs is 3. The van der Waals surface area contributed by atoms with E-state index in [9.17, 15) is 30.3 Å². The van der Waals surface area contributed by atoms with Crippen molar-refractivity contribution in [2.45, 2.75) is 63.2 Å². The summed E-state index contributed by atoms with van der Waals surface area (Å²) in [6.45, 7) is 3.19. The number of carbonyl (C=O) groups is 1. The maximum atomic E-state index is 12.2. The van der Waals surface area contributed by atoms with E-state index in [0.717, 1.165) is 5.57 Å². The minimum absolute atomic E-state index is 0.00480. The molecule has 4 aliphatic rings. The van der Waals surface area contributed by atoms with Gasteiger partial charge in [0.1, 0.15) is 30.5 Å². The van der Waals surface area contributed by atoms with Gasteiger partial charge in [0.15, 0.2) is 6.29 Å². The molecule has 2 aliphatic heterocycles. The Balaban J connectivity index is 1.53. The summed E-state index contributed by atoms with van der Waals surface area (Å²) in [5.41, 5.74) is 0.126. The Morgan fingerprint density at radius 2 is 1.93 bits per heavy atom. The van der Waals surface area contributed by atoms with Gasteiger partial charge in [-0.05, 0) is 12.0 Å². The number of aliphatic hydroxyl groups excluding tert-OH is 5. The fourth-order valence-corrected chi connectivity index (χ4v) is 5.34. The number of aliphatic hydroxyl groups is 5. The fourth-order valence-electron chi connectivity index (χ4n) is 5.34. The van der Waals surface area contributed by atoms with Gasteiger partial charge in [0, 0.05) is 17.3 Å². The SMILES string of the molecule is C[C@@H]1C(=O)O[C@@H]2[C@H]1C[C@@H](O)[C@]1(C)C=CC=C(CO[C@@H]3O[C@H](CO)[C@@H](O)[C@H](O)[C@H]3O)[C@@H]21. The molecule has 4 rings (SSSR count). The smallest absolute Gasteiger partial charge is 0.309 e. The Bertz CT molecular complexity index is 734. The molecule has 0 aromatic carbocycles. The number of ether oxygens (including phenoxy) is 3. The highest BCUT2D eigenvalue weighted by Gasteiger charge is 2.59. The van der Waals surface area contributed by atoms with E-state index < -0.39 is 54.9 Å². The molecule has 0 amide bonds. The normalized spacial score (nSPS) is 50.5. The molecular formula is C21H30O9. The maximum Gasteiger partial charge on any atom is 0.309 e. The van der Waals surface area contributed by atoms with Crippen LogP contribution in [0.1, 0.15) is 20.3 Å². The number of esters is 1. The molecule has 30 heavy (non-hydrogen) atoms. The standard InChI is InChI=1S/C21H30O9/c1-9-11-6-13(23)21(2)5-3-4-10(14(21)18(11)30-19(9)27)8-28-20-17(26)16(25)15(24)12(7-22)29-20/h3-5,9,11-18,20,22-26H,6-8H2,1-2H3/t9-,11-,12+,13+,14-,15+,16-,17+,18+,20+,21-/m0/s1. The minimum atomic E-state index is -1.52. The number of rotatable bonds is 4. The van der Waals surface area contributed by atoms with E-state index >= 15 is 0 Å². The molecule has 2 saturated heterocycles. The molecule has 2 heterocycles. The molecule has 168 valence electrons. The quantitative estimate of drug-likeness (QED) is 0.352. The van der Waals surface area contributed by atoms with Crippen molar-refractivity contribution < 1.29 is 44.5 Å². The van der Waals surface area contributed by atoms with Crippen LogP contribution in [-0.2, 0) is 19.0 Å². The molecule has 9 heteroatoms. The summed E-state index contributed by atoms with van der Waals surface area (Å²) in [5, 5.41) is 50.3. The molecule has 0 aromatic rings. The second-order valence-corrected chi connectivity index (χ2v) is 9.06. The van der Waals surface area contributed by atoms with Gasteiger partial charge < -0.3 is 39.7 Å². The number of hydrogen-bond donors (Lipinski definition) is 5. The van der Waals surface area contributed by atoms with Gasteiger partial charge in [0.05, 0.1) is 25.2 Å². The van der Waals surface area contributed by atoms with Crippen LogP contribution in [0.25, 0.3) is 0 Å². The largest absolute Gasteiger partial charge is 0.461 e. The molecule has 9 nitrogen and oxygen atoms in total. The number of hydrogen-bond acceptors (Lipinski definition) is 9. The van der Waals surface area contributed by atoms with Crippen LogP contribution in [0.3, 0.4) is 0 Å². The van der Waals surface area contributed by atoms with Gasteiger partial charge >= 0.3 is 5.97 Å². The first-order chi connectivity index (χ1) is 14.2. The first kappa shape index (κ1) is 21.9. The van der Waals surface area contributed by atoms with Gasteiger partial charge in [-0.2, -0.15) is 0 Å². The summed E-state index contributed by atoms with van der Waals surface area (Å²) in [4.78, 5) is 12.2. The third-order valence-corrected chi connectivity index (χ3v) is 7.33. The molecule has 0 spiro atoms. The summed E-state index contributed by atoms with van der Waals surface area (Å²) < 4.78 is 16.9. The highest BCUT2D eigenvalue weighted by Crippen LogP contribution is 2.54. The van der Waals surface area contributed by atoms with Crippen LogP contribution in [0.4, 0.5) is 0 Å². The fraction of sp³-hybridized carbons (Fsp3) is 0.762. The number of allylic oxidation sites excluding steroid dienone is 2. The summed E-state index contributed by atoms with van der Waals surface area (Å²) in [6, 6.07) is 0. The van der Waals surface area contributed by atoms with Gasteiger partial charge in [0.2, 0.25) is 0 Å². The van der Waals surface area contributed by atoms with Crippen LogP contribution in [0, 0.1) is 23.2 Å².